The number of carboxylic acids is 2. The molecule has 0 spiro atoms. The van der Waals surface area contributed by atoms with E-state index < -0.39 is 29.8 Å². The van der Waals surface area contributed by atoms with Crippen molar-refractivity contribution in [3.63, 3.8) is 0 Å². The Morgan fingerprint density at radius 2 is 1.90 bits per heavy atom. The van der Waals surface area contributed by atoms with Crippen molar-refractivity contribution in [1.82, 2.24) is 5.32 Å². The molecule has 0 aromatic heterocycles. The van der Waals surface area contributed by atoms with Crippen LogP contribution in [0.4, 0.5) is 0 Å². The number of carbonyl (C=O) groups is 3. The molecule has 0 atom stereocenters. The third kappa shape index (κ3) is 3.11. The number of hydrogen-bond donors (Lipinski definition) is 1. The van der Waals surface area contributed by atoms with Crippen LogP contribution in [0, 0.1) is 11.3 Å². The number of nitriles is 1. The van der Waals surface area contributed by atoms with Gasteiger partial charge in [-0.05, 0) is 17.7 Å². The number of amides is 1. The fourth-order valence-corrected chi connectivity index (χ4v) is 1.73. The Balaban J connectivity index is 3.24. The SMILES string of the molecule is CC(=O)NC(Cc1cccc(C#N)c1)(C(=O)[O-])C(=O)[O-]. The van der Waals surface area contributed by atoms with Gasteiger partial charge in [0.1, 0.15) is 5.54 Å². The van der Waals surface area contributed by atoms with Crippen LogP contribution in [0.2, 0.25) is 0 Å². The maximum Gasteiger partial charge on any atom is 0.217 e. The van der Waals surface area contributed by atoms with E-state index >= 15 is 0 Å². The number of carbonyl (C=O) groups excluding carboxylic acids is 3. The fraction of sp³-hybridized carbons (Fsp3) is 0.231. The minimum atomic E-state index is -2.68. The highest BCUT2D eigenvalue weighted by molar-refractivity contribution is 6.04. The van der Waals surface area contributed by atoms with Crippen LogP contribution >= 0.6 is 0 Å². The summed E-state index contributed by atoms with van der Waals surface area (Å²) >= 11 is 0. The number of hydrogen-bond acceptors (Lipinski definition) is 6. The minimum Gasteiger partial charge on any atom is -0.547 e. The van der Waals surface area contributed by atoms with E-state index in [1.54, 1.807) is 0 Å². The molecule has 0 bridgehead atoms. The number of benzene rings is 1. The molecular weight excluding hydrogens is 264 g/mol. The Morgan fingerprint density at radius 3 is 2.35 bits per heavy atom. The summed E-state index contributed by atoms with van der Waals surface area (Å²) in [5.41, 5.74) is -2.21. The third-order valence-corrected chi connectivity index (χ3v) is 2.61. The highest BCUT2D eigenvalue weighted by atomic mass is 16.4. The van der Waals surface area contributed by atoms with Gasteiger partial charge in [0.2, 0.25) is 5.91 Å². The predicted molar refractivity (Wildman–Crippen MR) is 61.4 cm³/mol. The van der Waals surface area contributed by atoms with Crippen molar-refractivity contribution >= 4 is 17.8 Å². The molecule has 1 amide bonds. The van der Waals surface area contributed by atoms with Crippen molar-refractivity contribution in [2.24, 2.45) is 0 Å². The molecule has 0 unspecified atom stereocenters. The maximum atomic E-state index is 11.1. The van der Waals surface area contributed by atoms with Crippen molar-refractivity contribution in [3.05, 3.63) is 35.4 Å². The van der Waals surface area contributed by atoms with Crippen LogP contribution in [-0.2, 0) is 20.8 Å². The normalized spacial score (nSPS) is 10.4. The summed E-state index contributed by atoms with van der Waals surface area (Å²) < 4.78 is 0. The van der Waals surface area contributed by atoms with Crippen molar-refractivity contribution in [2.75, 3.05) is 0 Å². The quantitative estimate of drug-likeness (QED) is 0.589. The lowest BCUT2D eigenvalue weighted by molar-refractivity contribution is -0.335. The van der Waals surface area contributed by atoms with Crippen molar-refractivity contribution in [3.8, 4) is 6.07 Å². The standard InChI is InChI=1S/C13H12N2O5/c1-8(16)15-13(11(17)18,12(19)20)6-9-3-2-4-10(5-9)7-14/h2-5H,6H2,1H3,(H,15,16)(H,17,18)(H,19,20)/p-2. The number of aliphatic carboxylic acids is 2. The molecule has 1 aromatic carbocycles. The molecule has 1 N–H and O–H groups in total. The van der Waals surface area contributed by atoms with E-state index in [0.29, 0.717) is 0 Å². The first-order chi connectivity index (χ1) is 9.31. The first-order valence-electron chi connectivity index (χ1n) is 5.52. The molecule has 0 aliphatic rings. The first-order valence-corrected chi connectivity index (χ1v) is 5.52. The molecule has 0 heterocycles. The molecule has 0 fully saturated rings. The third-order valence-electron chi connectivity index (χ3n) is 2.61. The average molecular weight is 274 g/mol. The zero-order valence-corrected chi connectivity index (χ0v) is 10.5. The zero-order valence-electron chi connectivity index (χ0n) is 10.5. The molecule has 20 heavy (non-hydrogen) atoms. The Kier molecular flexibility index (Phi) is 4.43. The topological polar surface area (TPSA) is 133 Å². The molecule has 1 aromatic rings. The monoisotopic (exact) mass is 274 g/mol. The summed E-state index contributed by atoms with van der Waals surface area (Å²) in [6.45, 7) is 0.979. The molecule has 104 valence electrons. The molecular formula is C13H10N2O5-2. The van der Waals surface area contributed by atoms with Gasteiger partial charge in [0.15, 0.2) is 0 Å². The van der Waals surface area contributed by atoms with E-state index in [2.05, 4.69) is 0 Å². The lowest BCUT2D eigenvalue weighted by Gasteiger charge is -2.36. The smallest absolute Gasteiger partial charge is 0.217 e. The van der Waals surface area contributed by atoms with Crippen LogP contribution in [0.3, 0.4) is 0 Å². The number of rotatable bonds is 5. The average Bonchev–Trinajstić information content (AvgIpc) is 2.37. The second-order valence-electron chi connectivity index (χ2n) is 4.15. The van der Waals surface area contributed by atoms with Gasteiger partial charge < -0.3 is 25.1 Å². The van der Waals surface area contributed by atoms with Gasteiger partial charge in [0.05, 0.1) is 23.6 Å². The van der Waals surface area contributed by atoms with Crippen LogP contribution in [0.1, 0.15) is 18.1 Å². The molecule has 0 saturated carbocycles. The van der Waals surface area contributed by atoms with E-state index in [4.69, 9.17) is 5.26 Å². The van der Waals surface area contributed by atoms with Crippen molar-refractivity contribution in [2.45, 2.75) is 18.9 Å². The summed E-state index contributed by atoms with van der Waals surface area (Å²) in [4.78, 5) is 33.3. The maximum absolute atomic E-state index is 11.1. The summed E-state index contributed by atoms with van der Waals surface area (Å²) in [6.07, 6.45) is -0.591. The van der Waals surface area contributed by atoms with Crippen LogP contribution in [-0.4, -0.2) is 23.4 Å². The van der Waals surface area contributed by atoms with Crippen LogP contribution in [0.25, 0.3) is 0 Å². The molecule has 0 aliphatic heterocycles. The summed E-state index contributed by atoms with van der Waals surface area (Å²) in [7, 11) is 0. The lowest BCUT2D eigenvalue weighted by atomic mass is 9.90. The van der Waals surface area contributed by atoms with Crippen LogP contribution in [0.5, 0.6) is 0 Å². The van der Waals surface area contributed by atoms with Gasteiger partial charge in [-0.15, -0.1) is 0 Å². The predicted octanol–water partition coefficient (Wildman–Crippen LogP) is -2.52. The molecule has 0 aliphatic carbocycles. The molecule has 0 radical (unpaired) electrons. The number of nitrogens with zero attached hydrogens (tertiary/aromatic N) is 1. The number of carboxylic acid groups (broad SMARTS) is 2. The van der Waals surface area contributed by atoms with Gasteiger partial charge in [0.25, 0.3) is 0 Å². The van der Waals surface area contributed by atoms with Gasteiger partial charge in [-0.2, -0.15) is 5.26 Å². The van der Waals surface area contributed by atoms with E-state index in [0.717, 1.165) is 6.92 Å². The fourth-order valence-electron chi connectivity index (χ4n) is 1.73. The summed E-state index contributed by atoms with van der Waals surface area (Å²) in [6, 6.07) is 7.54. The van der Waals surface area contributed by atoms with E-state index in [1.165, 1.54) is 24.3 Å². The van der Waals surface area contributed by atoms with Crippen LogP contribution < -0.4 is 15.5 Å². The van der Waals surface area contributed by atoms with Gasteiger partial charge >= 0.3 is 0 Å². The van der Waals surface area contributed by atoms with Gasteiger partial charge in [-0.3, -0.25) is 4.79 Å². The Hall–Kier alpha value is -2.88. The summed E-state index contributed by atoms with van der Waals surface area (Å²) in [5.74, 6) is -4.83. The van der Waals surface area contributed by atoms with Crippen molar-refractivity contribution < 1.29 is 24.6 Å². The minimum absolute atomic E-state index is 0.232. The van der Waals surface area contributed by atoms with E-state index in [-0.39, 0.29) is 11.1 Å². The van der Waals surface area contributed by atoms with Gasteiger partial charge in [0, 0.05) is 13.3 Å². The van der Waals surface area contributed by atoms with E-state index in [1.807, 2.05) is 11.4 Å². The molecule has 7 heteroatoms. The second-order valence-corrected chi connectivity index (χ2v) is 4.15. The largest absolute Gasteiger partial charge is 0.547 e. The highest BCUT2D eigenvalue weighted by Crippen LogP contribution is 2.15. The van der Waals surface area contributed by atoms with Gasteiger partial charge in [-0.25, -0.2) is 0 Å². The van der Waals surface area contributed by atoms with Crippen LogP contribution in [0.15, 0.2) is 24.3 Å². The zero-order chi connectivity index (χ0) is 15.3. The second kappa shape index (κ2) is 5.84. The first kappa shape index (κ1) is 15.2. The Bertz CT molecular complexity index is 589. The molecule has 7 nitrogen and oxygen atoms in total. The van der Waals surface area contributed by atoms with Gasteiger partial charge in [-0.1, -0.05) is 12.1 Å². The van der Waals surface area contributed by atoms with E-state index in [9.17, 15) is 24.6 Å². The Morgan fingerprint density at radius 1 is 1.30 bits per heavy atom. The lowest BCUT2D eigenvalue weighted by Crippen LogP contribution is -2.69. The summed E-state index contributed by atoms with van der Waals surface area (Å²) in [5, 5.41) is 32.9. The highest BCUT2D eigenvalue weighted by Gasteiger charge is 2.35. The number of nitrogens with one attached hydrogen (secondary N) is 1. The molecule has 0 saturated heterocycles. The Labute approximate surface area is 114 Å². The van der Waals surface area contributed by atoms with Crippen molar-refractivity contribution in [1.29, 1.82) is 5.26 Å². The molecule has 1 rings (SSSR count).